The molecule has 0 atom stereocenters. The SMILES string of the molecule is N#Cc1cc2c(c(C#N)c1C#N)c1cc3ccccc3cc1c1c(-c3ccccc3)cc(-c3ccccc3)n21. The normalized spacial score (nSPS) is 11.0. The number of fused-ring (bicyclic) bond motifs is 7. The monoisotopic (exact) mass is 494 g/mol. The molecule has 0 unspecified atom stereocenters. The van der Waals surface area contributed by atoms with Gasteiger partial charge in [0.05, 0.1) is 33.4 Å². The molecular formula is C35H18N4. The molecule has 0 saturated carbocycles. The summed E-state index contributed by atoms with van der Waals surface area (Å²) in [7, 11) is 0. The van der Waals surface area contributed by atoms with Gasteiger partial charge in [-0.15, -0.1) is 0 Å². The smallest absolute Gasteiger partial charge is 0.102 e. The van der Waals surface area contributed by atoms with Crippen LogP contribution in [0.3, 0.4) is 0 Å². The van der Waals surface area contributed by atoms with E-state index in [1.165, 1.54) is 0 Å². The molecule has 5 aromatic carbocycles. The van der Waals surface area contributed by atoms with Crippen LogP contribution in [0.2, 0.25) is 0 Å². The first-order valence-corrected chi connectivity index (χ1v) is 12.5. The van der Waals surface area contributed by atoms with Crippen molar-refractivity contribution in [2.24, 2.45) is 0 Å². The predicted molar refractivity (Wildman–Crippen MR) is 155 cm³/mol. The first kappa shape index (κ1) is 22.3. The van der Waals surface area contributed by atoms with E-state index in [4.69, 9.17) is 0 Å². The first-order chi connectivity index (χ1) is 19.2. The van der Waals surface area contributed by atoms with Crippen LogP contribution in [0.5, 0.6) is 0 Å². The molecule has 0 bridgehead atoms. The Hall–Kier alpha value is -5.89. The summed E-state index contributed by atoms with van der Waals surface area (Å²) in [6.07, 6.45) is 0. The second-order valence-corrected chi connectivity index (χ2v) is 9.51. The van der Waals surface area contributed by atoms with Crippen molar-refractivity contribution >= 4 is 38.0 Å². The van der Waals surface area contributed by atoms with Gasteiger partial charge in [-0.1, -0.05) is 84.9 Å². The van der Waals surface area contributed by atoms with Gasteiger partial charge in [-0.25, -0.2) is 0 Å². The van der Waals surface area contributed by atoms with Crippen LogP contribution in [-0.2, 0) is 0 Å². The average Bonchev–Trinajstić information content (AvgIpc) is 3.41. The fourth-order valence-electron chi connectivity index (χ4n) is 5.76. The predicted octanol–water partition coefficient (Wildman–Crippen LogP) is 8.35. The summed E-state index contributed by atoms with van der Waals surface area (Å²) in [5, 5.41) is 35.0. The molecule has 178 valence electrons. The summed E-state index contributed by atoms with van der Waals surface area (Å²) < 4.78 is 2.16. The highest BCUT2D eigenvalue weighted by Gasteiger charge is 2.23. The van der Waals surface area contributed by atoms with Gasteiger partial charge in [0.25, 0.3) is 0 Å². The maximum atomic E-state index is 10.4. The molecule has 0 aliphatic carbocycles. The molecule has 2 heterocycles. The minimum absolute atomic E-state index is 0.109. The van der Waals surface area contributed by atoms with E-state index in [1.807, 2.05) is 48.5 Å². The van der Waals surface area contributed by atoms with E-state index in [1.54, 1.807) is 6.07 Å². The molecule has 0 radical (unpaired) electrons. The van der Waals surface area contributed by atoms with Crippen LogP contribution >= 0.6 is 0 Å². The molecular weight excluding hydrogens is 476 g/mol. The lowest BCUT2D eigenvalue weighted by Gasteiger charge is -2.16. The molecule has 0 aliphatic rings. The Balaban J connectivity index is 1.85. The van der Waals surface area contributed by atoms with Crippen LogP contribution in [0.1, 0.15) is 16.7 Å². The van der Waals surface area contributed by atoms with Gasteiger partial charge in [0.15, 0.2) is 0 Å². The highest BCUT2D eigenvalue weighted by molar-refractivity contribution is 6.21. The maximum absolute atomic E-state index is 10.4. The van der Waals surface area contributed by atoms with Gasteiger partial charge < -0.3 is 4.40 Å². The zero-order valence-corrected chi connectivity index (χ0v) is 20.7. The van der Waals surface area contributed by atoms with Gasteiger partial charge in [-0.05, 0) is 51.6 Å². The molecule has 4 heteroatoms. The second kappa shape index (κ2) is 8.60. The third kappa shape index (κ3) is 3.22. The lowest BCUT2D eigenvalue weighted by Crippen LogP contribution is -2.00. The average molecular weight is 495 g/mol. The number of hydrogen-bond acceptors (Lipinski definition) is 3. The van der Waals surface area contributed by atoms with Crippen molar-refractivity contribution in [3.63, 3.8) is 0 Å². The Kier molecular flexibility index (Phi) is 4.92. The molecule has 0 saturated heterocycles. The number of nitrogens with zero attached hydrogens (tertiary/aromatic N) is 4. The third-order valence-corrected chi connectivity index (χ3v) is 7.46. The van der Waals surface area contributed by atoms with Crippen molar-refractivity contribution < 1.29 is 0 Å². The molecule has 39 heavy (non-hydrogen) atoms. The van der Waals surface area contributed by atoms with E-state index in [0.29, 0.717) is 5.39 Å². The van der Waals surface area contributed by atoms with Crippen molar-refractivity contribution in [2.45, 2.75) is 0 Å². The molecule has 0 N–H and O–H groups in total. The number of nitriles is 3. The lowest BCUT2D eigenvalue weighted by atomic mass is 9.92. The van der Waals surface area contributed by atoms with Crippen molar-refractivity contribution in [1.29, 1.82) is 15.8 Å². The molecule has 7 rings (SSSR count). The summed E-state index contributed by atoms with van der Waals surface area (Å²) in [4.78, 5) is 0. The molecule has 0 spiro atoms. The van der Waals surface area contributed by atoms with Gasteiger partial charge in [0.1, 0.15) is 18.2 Å². The van der Waals surface area contributed by atoms with E-state index < -0.39 is 0 Å². The standard InChI is InChI=1S/C35H18N4/c36-19-26-17-33-34(31(21-38)30(26)20-37)28-15-24-13-7-8-14-25(24)16-29(28)35-27(22-9-3-1-4-10-22)18-32(39(33)35)23-11-5-2-6-12-23/h1-18H. The van der Waals surface area contributed by atoms with Crippen LogP contribution in [0.15, 0.2) is 109 Å². The van der Waals surface area contributed by atoms with E-state index in [2.05, 4.69) is 77.2 Å². The number of pyridine rings is 1. The van der Waals surface area contributed by atoms with Gasteiger partial charge in [-0.2, -0.15) is 15.8 Å². The number of benzene rings is 5. The van der Waals surface area contributed by atoms with E-state index >= 15 is 0 Å². The minimum Gasteiger partial charge on any atom is -0.308 e. The Morgan fingerprint density at radius 1 is 0.538 bits per heavy atom. The Morgan fingerprint density at radius 2 is 1.13 bits per heavy atom. The molecule has 0 amide bonds. The quantitative estimate of drug-likeness (QED) is 0.179. The maximum Gasteiger partial charge on any atom is 0.102 e. The molecule has 0 fully saturated rings. The molecule has 2 aromatic heterocycles. The molecule has 0 aliphatic heterocycles. The van der Waals surface area contributed by atoms with Gasteiger partial charge in [0, 0.05) is 16.3 Å². The molecule has 4 nitrogen and oxygen atoms in total. The zero-order chi connectivity index (χ0) is 26.5. The number of rotatable bonds is 2. The fraction of sp³-hybridized carbons (Fsp3) is 0. The summed E-state index contributed by atoms with van der Waals surface area (Å²) in [6.45, 7) is 0. The Bertz CT molecular complexity index is 2240. The highest BCUT2D eigenvalue weighted by Crippen LogP contribution is 2.43. The summed E-state index contributed by atoms with van der Waals surface area (Å²) in [6, 6.07) is 43.3. The van der Waals surface area contributed by atoms with Gasteiger partial charge in [0.2, 0.25) is 0 Å². The summed E-state index contributed by atoms with van der Waals surface area (Å²) in [5.74, 6) is 0. The van der Waals surface area contributed by atoms with Crippen molar-refractivity contribution in [1.82, 2.24) is 4.40 Å². The van der Waals surface area contributed by atoms with Crippen molar-refractivity contribution in [2.75, 3.05) is 0 Å². The first-order valence-electron chi connectivity index (χ1n) is 12.5. The topological polar surface area (TPSA) is 75.8 Å². The fourth-order valence-corrected chi connectivity index (χ4v) is 5.76. The number of hydrogen-bond donors (Lipinski definition) is 0. The van der Waals surface area contributed by atoms with Crippen LogP contribution in [-0.4, -0.2) is 4.40 Å². The Labute approximate surface area is 224 Å². The van der Waals surface area contributed by atoms with Crippen LogP contribution in [0.25, 0.3) is 60.3 Å². The van der Waals surface area contributed by atoms with Crippen LogP contribution < -0.4 is 0 Å². The van der Waals surface area contributed by atoms with Gasteiger partial charge in [-0.3, -0.25) is 0 Å². The minimum atomic E-state index is 0.109. The molecule has 7 aromatic rings. The van der Waals surface area contributed by atoms with Crippen molar-refractivity contribution in [3.8, 4) is 40.6 Å². The third-order valence-electron chi connectivity index (χ3n) is 7.46. The summed E-state index contributed by atoms with van der Waals surface area (Å²) >= 11 is 0. The Morgan fingerprint density at radius 3 is 1.74 bits per heavy atom. The highest BCUT2D eigenvalue weighted by atomic mass is 14.9. The largest absolute Gasteiger partial charge is 0.308 e. The zero-order valence-electron chi connectivity index (χ0n) is 20.7. The lowest BCUT2D eigenvalue weighted by molar-refractivity contribution is 1.28. The second-order valence-electron chi connectivity index (χ2n) is 9.51. The summed E-state index contributed by atoms with van der Waals surface area (Å²) in [5.41, 5.74) is 6.32. The van der Waals surface area contributed by atoms with E-state index in [9.17, 15) is 15.8 Å². The van der Waals surface area contributed by atoms with Crippen LogP contribution in [0, 0.1) is 34.0 Å². The van der Waals surface area contributed by atoms with E-state index in [-0.39, 0.29) is 16.7 Å². The van der Waals surface area contributed by atoms with Crippen LogP contribution in [0.4, 0.5) is 0 Å². The van der Waals surface area contributed by atoms with E-state index in [0.717, 1.165) is 55.0 Å². The number of aromatic nitrogens is 1. The van der Waals surface area contributed by atoms with Gasteiger partial charge >= 0.3 is 0 Å². The van der Waals surface area contributed by atoms with Crippen molar-refractivity contribution in [3.05, 3.63) is 126 Å².